The van der Waals surface area contributed by atoms with E-state index in [0.29, 0.717) is 24.4 Å². The minimum absolute atomic E-state index is 0.0796. The first-order chi connectivity index (χ1) is 6.31. The highest BCUT2D eigenvalue weighted by Crippen LogP contribution is 2.43. The molecule has 0 heterocycles. The minimum Gasteiger partial charge on any atom is -0.396 e. The fraction of sp³-hybridized carbons (Fsp3) is 1.00. The van der Waals surface area contributed by atoms with Crippen LogP contribution in [-0.4, -0.2) is 22.9 Å². The predicted octanol–water partition coefficient (Wildman–Crippen LogP) is 1.56. The Bertz CT molecular complexity index is 169. The van der Waals surface area contributed by atoms with Gasteiger partial charge in [0.2, 0.25) is 0 Å². The van der Waals surface area contributed by atoms with Crippen LogP contribution in [0.5, 0.6) is 0 Å². The predicted molar refractivity (Wildman–Crippen MR) is 51.3 cm³/mol. The van der Waals surface area contributed by atoms with Crippen LogP contribution < -0.4 is 0 Å². The van der Waals surface area contributed by atoms with Crippen molar-refractivity contribution >= 4 is 0 Å². The molecule has 2 aliphatic rings. The van der Waals surface area contributed by atoms with E-state index >= 15 is 0 Å². The number of fused-ring (bicyclic) bond motifs is 1. The van der Waals surface area contributed by atoms with Gasteiger partial charge in [-0.25, -0.2) is 0 Å². The summed E-state index contributed by atoms with van der Waals surface area (Å²) in [5, 5.41) is 19.0. The van der Waals surface area contributed by atoms with E-state index in [2.05, 4.69) is 0 Å². The van der Waals surface area contributed by atoms with Crippen molar-refractivity contribution in [1.29, 1.82) is 0 Å². The molecule has 0 saturated heterocycles. The zero-order chi connectivity index (χ0) is 9.26. The van der Waals surface area contributed by atoms with E-state index in [1.807, 2.05) is 0 Å². The van der Waals surface area contributed by atoms with Gasteiger partial charge in [-0.05, 0) is 37.0 Å². The molecular formula is C11H20O2. The number of rotatable bonds is 1. The van der Waals surface area contributed by atoms with Crippen LogP contribution in [0.2, 0.25) is 0 Å². The maximum atomic E-state index is 9.89. The SMILES string of the molecule is OC[C@H]1C[C@H]2CCCC[C@@H](O)[C@H]2C1. The Morgan fingerprint density at radius 1 is 1.08 bits per heavy atom. The van der Waals surface area contributed by atoms with Gasteiger partial charge < -0.3 is 10.2 Å². The first-order valence-electron chi connectivity index (χ1n) is 5.60. The van der Waals surface area contributed by atoms with Gasteiger partial charge in [-0.3, -0.25) is 0 Å². The lowest BCUT2D eigenvalue weighted by molar-refractivity contribution is 0.0839. The summed E-state index contributed by atoms with van der Waals surface area (Å²) >= 11 is 0. The Labute approximate surface area is 80.0 Å². The molecular weight excluding hydrogens is 164 g/mol. The third-order valence-electron chi connectivity index (χ3n) is 3.92. The molecule has 76 valence electrons. The normalized spacial score (nSPS) is 45.7. The second-order valence-corrected chi connectivity index (χ2v) is 4.80. The van der Waals surface area contributed by atoms with Gasteiger partial charge in [-0.15, -0.1) is 0 Å². The van der Waals surface area contributed by atoms with Crippen molar-refractivity contribution in [3.05, 3.63) is 0 Å². The van der Waals surface area contributed by atoms with Crippen LogP contribution in [-0.2, 0) is 0 Å². The second-order valence-electron chi connectivity index (χ2n) is 4.80. The van der Waals surface area contributed by atoms with Gasteiger partial charge in [0.25, 0.3) is 0 Å². The molecule has 0 spiro atoms. The summed E-state index contributed by atoms with van der Waals surface area (Å²) in [6.07, 6.45) is 6.86. The van der Waals surface area contributed by atoms with Crippen molar-refractivity contribution in [2.75, 3.05) is 6.61 Å². The topological polar surface area (TPSA) is 40.5 Å². The Morgan fingerprint density at radius 3 is 2.62 bits per heavy atom. The lowest BCUT2D eigenvalue weighted by atomic mass is 9.90. The Hall–Kier alpha value is -0.0800. The number of hydrogen-bond donors (Lipinski definition) is 2. The number of hydrogen-bond acceptors (Lipinski definition) is 2. The van der Waals surface area contributed by atoms with Gasteiger partial charge in [-0.2, -0.15) is 0 Å². The van der Waals surface area contributed by atoms with E-state index in [-0.39, 0.29) is 6.10 Å². The lowest BCUT2D eigenvalue weighted by Crippen LogP contribution is -2.21. The molecule has 0 bridgehead atoms. The summed E-state index contributed by atoms with van der Waals surface area (Å²) in [5.41, 5.74) is 0. The third kappa shape index (κ3) is 1.89. The standard InChI is InChI=1S/C11H20O2/c12-7-8-5-9-3-1-2-4-11(13)10(9)6-8/h8-13H,1-7H2/t8-,9+,10-,11+/m0/s1. The second kappa shape index (κ2) is 3.97. The van der Waals surface area contributed by atoms with Crippen molar-refractivity contribution in [2.45, 2.75) is 44.6 Å². The summed E-state index contributed by atoms with van der Waals surface area (Å²) in [7, 11) is 0. The van der Waals surface area contributed by atoms with Crippen LogP contribution in [0.1, 0.15) is 38.5 Å². The molecule has 2 nitrogen and oxygen atoms in total. The lowest BCUT2D eigenvalue weighted by Gasteiger charge is -2.20. The minimum atomic E-state index is -0.0796. The molecule has 0 aliphatic heterocycles. The van der Waals surface area contributed by atoms with Crippen molar-refractivity contribution in [3.8, 4) is 0 Å². The molecule has 2 N–H and O–H groups in total. The van der Waals surface area contributed by atoms with Gasteiger partial charge in [0.05, 0.1) is 6.10 Å². The smallest absolute Gasteiger partial charge is 0.0571 e. The number of aliphatic hydroxyl groups is 2. The summed E-state index contributed by atoms with van der Waals surface area (Å²) in [6, 6.07) is 0. The summed E-state index contributed by atoms with van der Waals surface area (Å²) < 4.78 is 0. The van der Waals surface area contributed by atoms with Crippen LogP contribution in [0.4, 0.5) is 0 Å². The van der Waals surface area contributed by atoms with Gasteiger partial charge in [0.15, 0.2) is 0 Å². The summed E-state index contributed by atoms with van der Waals surface area (Å²) in [4.78, 5) is 0. The molecule has 0 aromatic heterocycles. The van der Waals surface area contributed by atoms with Crippen molar-refractivity contribution in [2.24, 2.45) is 17.8 Å². The van der Waals surface area contributed by atoms with E-state index in [9.17, 15) is 5.11 Å². The Kier molecular flexibility index (Phi) is 2.89. The Balaban J connectivity index is 2.00. The van der Waals surface area contributed by atoms with Gasteiger partial charge in [0.1, 0.15) is 0 Å². The first kappa shape index (κ1) is 9.47. The Morgan fingerprint density at radius 2 is 1.85 bits per heavy atom. The fourth-order valence-corrected chi connectivity index (χ4v) is 3.20. The largest absolute Gasteiger partial charge is 0.396 e. The van der Waals surface area contributed by atoms with Crippen LogP contribution in [0.3, 0.4) is 0 Å². The highest BCUT2D eigenvalue weighted by atomic mass is 16.3. The zero-order valence-electron chi connectivity index (χ0n) is 8.15. The van der Waals surface area contributed by atoms with Crippen LogP contribution in [0.15, 0.2) is 0 Å². The maximum absolute atomic E-state index is 9.89. The maximum Gasteiger partial charge on any atom is 0.0571 e. The van der Waals surface area contributed by atoms with E-state index in [0.717, 1.165) is 19.3 Å². The average Bonchev–Trinajstić information content (AvgIpc) is 2.48. The average molecular weight is 184 g/mol. The molecule has 0 amide bonds. The van der Waals surface area contributed by atoms with Gasteiger partial charge in [-0.1, -0.05) is 19.3 Å². The van der Waals surface area contributed by atoms with Gasteiger partial charge >= 0.3 is 0 Å². The van der Waals surface area contributed by atoms with Gasteiger partial charge in [0, 0.05) is 6.61 Å². The summed E-state index contributed by atoms with van der Waals surface area (Å²) in [5.74, 6) is 1.68. The quantitative estimate of drug-likeness (QED) is 0.649. The molecule has 2 rings (SSSR count). The first-order valence-corrected chi connectivity index (χ1v) is 5.60. The van der Waals surface area contributed by atoms with Crippen molar-refractivity contribution < 1.29 is 10.2 Å². The van der Waals surface area contributed by atoms with Crippen LogP contribution >= 0.6 is 0 Å². The molecule has 0 radical (unpaired) electrons. The molecule has 4 atom stereocenters. The van der Waals surface area contributed by atoms with E-state index in [1.165, 1.54) is 19.3 Å². The molecule has 0 aromatic rings. The van der Waals surface area contributed by atoms with E-state index in [1.54, 1.807) is 0 Å². The van der Waals surface area contributed by atoms with Crippen molar-refractivity contribution in [3.63, 3.8) is 0 Å². The molecule has 2 aliphatic carbocycles. The molecule has 2 saturated carbocycles. The van der Waals surface area contributed by atoms with Crippen LogP contribution in [0.25, 0.3) is 0 Å². The summed E-state index contributed by atoms with van der Waals surface area (Å²) in [6.45, 7) is 0.319. The highest BCUT2D eigenvalue weighted by Gasteiger charge is 2.38. The molecule has 2 fully saturated rings. The third-order valence-corrected chi connectivity index (χ3v) is 3.92. The van der Waals surface area contributed by atoms with E-state index < -0.39 is 0 Å². The molecule has 0 unspecified atom stereocenters. The molecule has 2 heteroatoms. The molecule has 13 heavy (non-hydrogen) atoms. The molecule has 0 aromatic carbocycles. The van der Waals surface area contributed by atoms with E-state index in [4.69, 9.17) is 5.11 Å². The van der Waals surface area contributed by atoms with Crippen LogP contribution in [0, 0.1) is 17.8 Å². The van der Waals surface area contributed by atoms with Crippen molar-refractivity contribution in [1.82, 2.24) is 0 Å². The zero-order valence-corrected chi connectivity index (χ0v) is 8.15. The highest BCUT2D eigenvalue weighted by molar-refractivity contribution is 4.89. The fourth-order valence-electron chi connectivity index (χ4n) is 3.20. The monoisotopic (exact) mass is 184 g/mol. The number of aliphatic hydroxyl groups excluding tert-OH is 2.